The fraction of sp³-hybridized carbons (Fsp3) is 0.429. The van der Waals surface area contributed by atoms with Gasteiger partial charge in [-0.25, -0.2) is 0 Å². The summed E-state index contributed by atoms with van der Waals surface area (Å²) in [5.41, 5.74) is 6.09. The Kier molecular flexibility index (Phi) is 7.22. The molecular formula is C14H21IN4O3. The number of benzene rings is 1. The summed E-state index contributed by atoms with van der Waals surface area (Å²) in [5.74, 6) is 1.43. The van der Waals surface area contributed by atoms with Crippen molar-refractivity contribution in [3.63, 3.8) is 0 Å². The third-order valence-electron chi connectivity index (χ3n) is 3.11. The minimum atomic E-state index is -0.523. The number of hydrogen-bond acceptors (Lipinski definition) is 6. The highest BCUT2D eigenvalue weighted by atomic mass is 127. The third-order valence-corrected chi connectivity index (χ3v) is 3.11. The second-order valence-electron chi connectivity index (χ2n) is 4.72. The Morgan fingerprint density at radius 3 is 2.82 bits per heavy atom. The van der Waals surface area contributed by atoms with E-state index in [0.717, 1.165) is 24.6 Å². The molecule has 0 saturated heterocycles. The Bertz CT molecular complexity index is 551. The molecule has 2 rings (SSSR count). The van der Waals surface area contributed by atoms with Crippen molar-refractivity contribution in [1.82, 2.24) is 10.2 Å². The molecule has 1 aliphatic rings. The molecule has 0 aliphatic carbocycles. The number of likely N-dealkylation sites (N-methyl/N-ethyl adjacent to an activating group) is 1. The Labute approximate surface area is 146 Å². The van der Waals surface area contributed by atoms with Crippen molar-refractivity contribution >= 4 is 35.8 Å². The van der Waals surface area contributed by atoms with Gasteiger partial charge in [-0.15, -0.1) is 24.0 Å². The van der Waals surface area contributed by atoms with Crippen LogP contribution < -0.4 is 20.5 Å². The number of rotatable bonds is 6. The number of aliphatic imine (C=N–C) groups is 1. The Hall–Kier alpha value is -1.71. The third kappa shape index (κ3) is 4.93. The van der Waals surface area contributed by atoms with E-state index in [1.165, 1.54) is 0 Å². The molecule has 1 aromatic rings. The van der Waals surface area contributed by atoms with Gasteiger partial charge in [0.2, 0.25) is 0 Å². The average Bonchev–Trinajstić information content (AvgIpc) is 2.88. The normalized spacial score (nSPS) is 13.2. The molecule has 1 aliphatic heterocycles. The molecule has 1 aromatic carbocycles. The molecule has 0 radical (unpaired) electrons. The van der Waals surface area contributed by atoms with Crippen LogP contribution in [-0.4, -0.2) is 50.6 Å². The van der Waals surface area contributed by atoms with Gasteiger partial charge >= 0.3 is 0 Å². The van der Waals surface area contributed by atoms with Gasteiger partial charge in [0, 0.05) is 20.1 Å². The summed E-state index contributed by atoms with van der Waals surface area (Å²) >= 11 is 0. The number of nitrogens with two attached hydrogens (primary N) is 1. The molecule has 0 atom stereocenters. The van der Waals surface area contributed by atoms with Gasteiger partial charge in [0.25, 0.3) is 5.91 Å². The number of primary amides is 1. The maximum Gasteiger partial charge on any atom is 0.255 e. The first-order valence-corrected chi connectivity index (χ1v) is 6.67. The first kappa shape index (κ1) is 18.3. The zero-order chi connectivity index (χ0) is 15.2. The largest absolute Gasteiger partial charge is 0.493 e. The first-order chi connectivity index (χ1) is 10.1. The maximum atomic E-state index is 10.7. The van der Waals surface area contributed by atoms with E-state index < -0.39 is 5.91 Å². The van der Waals surface area contributed by atoms with E-state index in [-0.39, 0.29) is 30.6 Å². The van der Waals surface area contributed by atoms with E-state index in [4.69, 9.17) is 15.2 Å². The lowest BCUT2D eigenvalue weighted by Gasteiger charge is -2.16. The van der Waals surface area contributed by atoms with E-state index >= 15 is 0 Å². The van der Waals surface area contributed by atoms with E-state index in [2.05, 4.69) is 15.2 Å². The Morgan fingerprint density at radius 1 is 1.45 bits per heavy atom. The highest BCUT2D eigenvalue weighted by Gasteiger charge is 2.12. The first-order valence-electron chi connectivity index (χ1n) is 6.67. The number of carbonyl (C=O) groups is 1. The lowest BCUT2D eigenvalue weighted by molar-refractivity contribution is -0.119. The second kappa shape index (κ2) is 8.66. The topological polar surface area (TPSA) is 89.2 Å². The van der Waals surface area contributed by atoms with Crippen LogP contribution >= 0.6 is 24.0 Å². The van der Waals surface area contributed by atoms with E-state index in [1.807, 2.05) is 19.2 Å². The minimum Gasteiger partial charge on any atom is -0.493 e. The van der Waals surface area contributed by atoms with Crippen molar-refractivity contribution < 1.29 is 14.3 Å². The van der Waals surface area contributed by atoms with Gasteiger partial charge in [0.1, 0.15) is 0 Å². The van der Waals surface area contributed by atoms with Gasteiger partial charge in [-0.1, -0.05) is 6.07 Å². The molecule has 0 aromatic heterocycles. The maximum absolute atomic E-state index is 10.7. The summed E-state index contributed by atoms with van der Waals surface area (Å²) < 4.78 is 10.6. The highest BCUT2D eigenvalue weighted by Crippen LogP contribution is 2.28. The molecule has 8 heteroatoms. The molecule has 0 bridgehead atoms. The lowest BCUT2D eigenvalue weighted by atomic mass is 10.2. The number of hydrogen-bond donors (Lipinski definition) is 2. The number of halogens is 1. The lowest BCUT2D eigenvalue weighted by Crippen LogP contribution is -2.35. The number of methoxy groups -OCH3 is 1. The van der Waals surface area contributed by atoms with Crippen LogP contribution in [0.25, 0.3) is 0 Å². The zero-order valence-electron chi connectivity index (χ0n) is 12.7. The molecule has 0 fully saturated rings. The van der Waals surface area contributed by atoms with Crippen LogP contribution in [-0.2, 0) is 11.3 Å². The Balaban J connectivity index is 0.00000242. The quantitative estimate of drug-likeness (QED) is 0.657. The van der Waals surface area contributed by atoms with Crippen LogP contribution in [0.1, 0.15) is 5.56 Å². The fourth-order valence-electron chi connectivity index (χ4n) is 1.99. The summed E-state index contributed by atoms with van der Waals surface area (Å²) in [7, 11) is 3.55. The molecule has 1 amide bonds. The van der Waals surface area contributed by atoms with Crippen LogP contribution in [0.15, 0.2) is 23.2 Å². The van der Waals surface area contributed by atoms with E-state index in [0.29, 0.717) is 18.0 Å². The van der Waals surface area contributed by atoms with Crippen LogP contribution in [0, 0.1) is 0 Å². The number of ether oxygens (including phenoxy) is 2. The second-order valence-corrected chi connectivity index (χ2v) is 4.72. The van der Waals surface area contributed by atoms with Crippen molar-refractivity contribution in [2.75, 3.05) is 33.9 Å². The molecule has 22 heavy (non-hydrogen) atoms. The minimum absolute atomic E-state index is 0. The summed E-state index contributed by atoms with van der Waals surface area (Å²) in [5, 5.41) is 3.27. The van der Waals surface area contributed by atoms with Crippen LogP contribution in [0.3, 0.4) is 0 Å². The van der Waals surface area contributed by atoms with Crippen molar-refractivity contribution in [1.29, 1.82) is 0 Å². The van der Waals surface area contributed by atoms with Crippen molar-refractivity contribution in [2.45, 2.75) is 6.54 Å². The van der Waals surface area contributed by atoms with Crippen molar-refractivity contribution in [3.05, 3.63) is 23.8 Å². The standard InChI is InChI=1S/C14H20N4O3.HI/c1-18-6-5-16-14(18)17-8-10-3-4-11(12(7-10)20-2)21-9-13(15)19;/h3-4,7H,5-6,8-9H2,1-2H3,(H2,15,19)(H,16,17);1H. The molecule has 0 unspecified atom stereocenters. The van der Waals surface area contributed by atoms with Crippen LogP contribution in [0.4, 0.5) is 0 Å². The molecule has 0 saturated carbocycles. The predicted octanol–water partition coefficient (Wildman–Crippen LogP) is 0.568. The number of guanidine groups is 1. The molecule has 1 heterocycles. The van der Waals surface area contributed by atoms with Gasteiger partial charge in [-0.05, 0) is 17.7 Å². The summed E-state index contributed by atoms with van der Waals surface area (Å²) in [6.45, 7) is 2.22. The smallest absolute Gasteiger partial charge is 0.255 e. The van der Waals surface area contributed by atoms with E-state index in [9.17, 15) is 4.79 Å². The molecule has 0 spiro atoms. The zero-order valence-corrected chi connectivity index (χ0v) is 15.0. The fourth-order valence-corrected chi connectivity index (χ4v) is 1.99. The van der Waals surface area contributed by atoms with Crippen LogP contribution in [0.5, 0.6) is 11.5 Å². The van der Waals surface area contributed by atoms with Crippen LogP contribution in [0.2, 0.25) is 0 Å². The van der Waals surface area contributed by atoms with Gasteiger partial charge in [-0.3, -0.25) is 9.79 Å². The average molecular weight is 420 g/mol. The number of nitrogens with zero attached hydrogens (tertiary/aromatic N) is 2. The van der Waals surface area contributed by atoms with Gasteiger partial charge in [0.05, 0.1) is 13.7 Å². The van der Waals surface area contributed by atoms with Crippen molar-refractivity contribution in [3.8, 4) is 11.5 Å². The summed E-state index contributed by atoms with van der Waals surface area (Å²) in [6.07, 6.45) is 0. The van der Waals surface area contributed by atoms with Crippen molar-refractivity contribution in [2.24, 2.45) is 10.7 Å². The number of amides is 1. The SMILES string of the molecule is COc1cc(CNC2=NCCN2C)ccc1OCC(N)=O.I. The number of nitrogens with one attached hydrogen (secondary N) is 1. The van der Waals surface area contributed by atoms with Gasteiger partial charge in [-0.2, -0.15) is 0 Å². The number of carbonyl (C=O) groups excluding carboxylic acids is 1. The molecular weight excluding hydrogens is 399 g/mol. The van der Waals surface area contributed by atoms with Gasteiger partial charge in [0.15, 0.2) is 24.1 Å². The molecule has 7 nitrogen and oxygen atoms in total. The summed E-state index contributed by atoms with van der Waals surface area (Å²) in [6, 6.07) is 5.53. The monoisotopic (exact) mass is 420 g/mol. The van der Waals surface area contributed by atoms with Gasteiger partial charge < -0.3 is 25.4 Å². The molecule has 122 valence electrons. The summed E-state index contributed by atoms with van der Waals surface area (Å²) in [4.78, 5) is 17.2. The Morgan fingerprint density at radius 2 is 2.23 bits per heavy atom. The predicted molar refractivity (Wildman–Crippen MR) is 94.9 cm³/mol. The van der Waals surface area contributed by atoms with E-state index in [1.54, 1.807) is 13.2 Å². The highest BCUT2D eigenvalue weighted by molar-refractivity contribution is 14.0. The molecule has 3 N–H and O–H groups in total.